The van der Waals surface area contributed by atoms with Crippen molar-refractivity contribution in [3.05, 3.63) is 82.6 Å². The summed E-state index contributed by atoms with van der Waals surface area (Å²) in [4.78, 5) is 30.4. The van der Waals surface area contributed by atoms with E-state index < -0.39 is 10.0 Å². The van der Waals surface area contributed by atoms with E-state index >= 15 is 0 Å². The lowest BCUT2D eigenvalue weighted by Crippen LogP contribution is -2.27. The Balaban J connectivity index is 1.81. The summed E-state index contributed by atoms with van der Waals surface area (Å²) in [6.45, 7) is 4.64. The summed E-state index contributed by atoms with van der Waals surface area (Å²) in [5.41, 5.74) is 2.58. The first kappa shape index (κ1) is 23.4. The SMILES string of the molecule is CC(C)CNC(=O)c1cccc(-c2cnc3ccc4ccc(NS(C)(=O)=O)cc4c(=O)c3c2)c1. The predicted molar refractivity (Wildman–Crippen MR) is 137 cm³/mol. The molecule has 4 rings (SSSR count). The van der Waals surface area contributed by atoms with Gasteiger partial charge in [0.25, 0.3) is 5.91 Å². The summed E-state index contributed by atoms with van der Waals surface area (Å²) >= 11 is 0. The Morgan fingerprint density at radius 1 is 0.971 bits per heavy atom. The molecule has 0 spiro atoms. The number of nitrogens with zero attached hydrogens (tertiary/aromatic N) is 1. The predicted octanol–water partition coefficient (Wildman–Crippen LogP) is 4.17. The second-order valence-corrected chi connectivity index (χ2v) is 10.4. The van der Waals surface area contributed by atoms with Crippen LogP contribution < -0.4 is 15.5 Å². The van der Waals surface area contributed by atoms with Crippen molar-refractivity contribution < 1.29 is 13.2 Å². The van der Waals surface area contributed by atoms with E-state index in [-0.39, 0.29) is 11.3 Å². The fraction of sp³-hybridized carbons (Fsp3) is 0.192. The number of rotatable bonds is 6. The van der Waals surface area contributed by atoms with E-state index in [4.69, 9.17) is 0 Å². The maximum Gasteiger partial charge on any atom is 0.251 e. The van der Waals surface area contributed by atoms with Gasteiger partial charge in [-0.05, 0) is 53.3 Å². The fourth-order valence-electron chi connectivity index (χ4n) is 3.68. The molecule has 1 amide bonds. The smallest absolute Gasteiger partial charge is 0.251 e. The number of hydrogen-bond acceptors (Lipinski definition) is 5. The van der Waals surface area contributed by atoms with Crippen LogP contribution in [0, 0.1) is 5.92 Å². The Bertz CT molecular complexity index is 1580. The molecule has 0 saturated carbocycles. The maximum absolute atomic E-state index is 13.4. The van der Waals surface area contributed by atoms with E-state index in [1.807, 2.05) is 19.9 Å². The molecule has 4 aromatic rings. The van der Waals surface area contributed by atoms with E-state index in [0.29, 0.717) is 51.0 Å². The van der Waals surface area contributed by atoms with Crippen molar-refractivity contribution in [1.29, 1.82) is 0 Å². The van der Waals surface area contributed by atoms with E-state index in [1.165, 1.54) is 6.07 Å². The highest BCUT2D eigenvalue weighted by molar-refractivity contribution is 7.92. The minimum absolute atomic E-state index is 0.155. The second kappa shape index (κ2) is 9.23. The van der Waals surface area contributed by atoms with Gasteiger partial charge in [-0.3, -0.25) is 19.3 Å². The number of anilines is 1. The first-order valence-electron chi connectivity index (χ1n) is 10.8. The van der Waals surface area contributed by atoms with Gasteiger partial charge in [-0.25, -0.2) is 8.42 Å². The van der Waals surface area contributed by atoms with E-state index in [0.717, 1.165) is 11.8 Å². The molecule has 3 aromatic carbocycles. The third kappa shape index (κ3) is 5.23. The van der Waals surface area contributed by atoms with Crippen LogP contribution in [-0.2, 0) is 10.0 Å². The molecule has 174 valence electrons. The molecule has 0 fully saturated rings. The van der Waals surface area contributed by atoms with Crippen molar-refractivity contribution in [2.75, 3.05) is 17.5 Å². The van der Waals surface area contributed by atoms with Gasteiger partial charge in [0, 0.05) is 40.3 Å². The number of nitrogens with one attached hydrogen (secondary N) is 2. The van der Waals surface area contributed by atoms with Crippen molar-refractivity contribution in [1.82, 2.24) is 10.3 Å². The van der Waals surface area contributed by atoms with E-state index in [2.05, 4.69) is 15.0 Å². The molecule has 2 N–H and O–H groups in total. The Morgan fingerprint density at radius 3 is 2.47 bits per heavy atom. The minimum atomic E-state index is -3.48. The summed E-state index contributed by atoms with van der Waals surface area (Å²) in [5.74, 6) is 0.188. The maximum atomic E-state index is 13.4. The molecule has 0 aliphatic rings. The summed E-state index contributed by atoms with van der Waals surface area (Å²) < 4.78 is 25.6. The Morgan fingerprint density at radius 2 is 1.74 bits per heavy atom. The number of hydrogen-bond donors (Lipinski definition) is 2. The highest BCUT2D eigenvalue weighted by Crippen LogP contribution is 2.24. The minimum Gasteiger partial charge on any atom is -0.352 e. The summed E-state index contributed by atoms with van der Waals surface area (Å²) in [7, 11) is -3.48. The topological polar surface area (TPSA) is 105 Å². The van der Waals surface area contributed by atoms with Gasteiger partial charge >= 0.3 is 0 Å². The molecular weight excluding hydrogens is 450 g/mol. The van der Waals surface area contributed by atoms with Crippen molar-refractivity contribution >= 4 is 43.3 Å². The van der Waals surface area contributed by atoms with Crippen LogP contribution in [0.4, 0.5) is 5.69 Å². The molecule has 0 atom stereocenters. The lowest BCUT2D eigenvalue weighted by molar-refractivity contribution is 0.0949. The quantitative estimate of drug-likeness (QED) is 0.435. The molecular formula is C26H25N3O4S. The number of carbonyl (C=O) groups excluding carboxylic acids is 1. The van der Waals surface area contributed by atoms with Crippen LogP contribution in [0.15, 0.2) is 71.7 Å². The highest BCUT2D eigenvalue weighted by Gasteiger charge is 2.11. The van der Waals surface area contributed by atoms with Crippen LogP contribution in [0.5, 0.6) is 0 Å². The van der Waals surface area contributed by atoms with Crippen LogP contribution >= 0.6 is 0 Å². The molecule has 0 aliphatic carbocycles. The standard InChI is InChI=1S/C26H25N3O4S/c1-16(2)14-28-26(31)19-6-4-5-18(11-19)20-12-23-24(27-15-20)10-8-17-7-9-21(29-34(3,32)33)13-22(17)25(23)30/h4-13,15-16,29H,14H2,1-3H3,(H,28,31). The van der Waals surface area contributed by atoms with Gasteiger partial charge in [-0.15, -0.1) is 0 Å². The third-order valence-electron chi connectivity index (χ3n) is 5.31. The summed E-state index contributed by atoms with van der Waals surface area (Å²) in [5, 5.41) is 4.36. The molecule has 8 heteroatoms. The zero-order valence-corrected chi connectivity index (χ0v) is 19.9. The number of sulfonamides is 1. The first-order chi connectivity index (χ1) is 16.1. The van der Waals surface area contributed by atoms with Gasteiger partial charge in [0.15, 0.2) is 5.43 Å². The third-order valence-corrected chi connectivity index (χ3v) is 5.92. The zero-order valence-electron chi connectivity index (χ0n) is 19.1. The van der Waals surface area contributed by atoms with Gasteiger partial charge in [-0.1, -0.05) is 38.1 Å². The van der Waals surface area contributed by atoms with Gasteiger partial charge < -0.3 is 5.32 Å². The van der Waals surface area contributed by atoms with Crippen LogP contribution in [0.3, 0.4) is 0 Å². The summed E-state index contributed by atoms with van der Waals surface area (Å²) in [6, 6.07) is 17.3. The molecule has 34 heavy (non-hydrogen) atoms. The highest BCUT2D eigenvalue weighted by atomic mass is 32.2. The Kier molecular flexibility index (Phi) is 6.34. The van der Waals surface area contributed by atoms with E-state index in [9.17, 15) is 18.0 Å². The average Bonchev–Trinajstić information content (AvgIpc) is 2.93. The van der Waals surface area contributed by atoms with Crippen molar-refractivity contribution in [3.63, 3.8) is 0 Å². The largest absolute Gasteiger partial charge is 0.352 e. The molecule has 0 bridgehead atoms. The van der Waals surface area contributed by atoms with Gasteiger partial charge in [0.2, 0.25) is 10.0 Å². The van der Waals surface area contributed by atoms with Crippen molar-refractivity contribution in [2.45, 2.75) is 13.8 Å². The molecule has 1 heterocycles. The molecule has 1 aromatic heterocycles. The van der Waals surface area contributed by atoms with Crippen LogP contribution in [0.1, 0.15) is 24.2 Å². The van der Waals surface area contributed by atoms with Gasteiger partial charge in [0.1, 0.15) is 0 Å². The van der Waals surface area contributed by atoms with Crippen LogP contribution in [0.2, 0.25) is 0 Å². The van der Waals surface area contributed by atoms with Crippen LogP contribution in [0.25, 0.3) is 32.8 Å². The van der Waals surface area contributed by atoms with Crippen molar-refractivity contribution in [3.8, 4) is 11.1 Å². The Labute approximate surface area is 197 Å². The number of amides is 1. The normalized spacial score (nSPS) is 11.6. The molecule has 0 unspecified atom stereocenters. The molecule has 0 radical (unpaired) electrons. The van der Waals surface area contributed by atoms with Crippen molar-refractivity contribution in [2.24, 2.45) is 5.92 Å². The lowest BCUT2D eigenvalue weighted by atomic mass is 10.0. The average molecular weight is 476 g/mol. The number of benzene rings is 2. The molecule has 0 saturated heterocycles. The number of pyridine rings is 1. The monoisotopic (exact) mass is 475 g/mol. The summed E-state index contributed by atoms with van der Waals surface area (Å²) in [6.07, 6.45) is 2.73. The van der Waals surface area contributed by atoms with Gasteiger partial charge in [-0.2, -0.15) is 0 Å². The zero-order chi connectivity index (χ0) is 24.5. The van der Waals surface area contributed by atoms with Gasteiger partial charge in [0.05, 0.1) is 11.8 Å². The fourth-order valence-corrected chi connectivity index (χ4v) is 4.23. The van der Waals surface area contributed by atoms with E-state index in [1.54, 1.807) is 54.7 Å². The molecule has 0 aliphatic heterocycles. The second-order valence-electron chi connectivity index (χ2n) is 8.68. The number of aromatic nitrogens is 1. The molecule has 7 nitrogen and oxygen atoms in total. The Hall–Kier alpha value is -3.78. The van der Waals surface area contributed by atoms with Crippen LogP contribution in [-0.4, -0.2) is 32.1 Å². The first-order valence-corrected chi connectivity index (χ1v) is 12.7. The number of carbonyl (C=O) groups is 1. The lowest BCUT2D eigenvalue weighted by Gasteiger charge is -2.09. The number of fused-ring (bicyclic) bond motifs is 2.